The number of aromatic hydroxyl groups is 1. The average molecular weight is 279 g/mol. The van der Waals surface area contributed by atoms with Crippen LogP contribution in [0.5, 0.6) is 5.75 Å². The van der Waals surface area contributed by atoms with Crippen molar-refractivity contribution in [2.24, 2.45) is 11.1 Å². The second kappa shape index (κ2) is 5.46. The van der Waals surface area contributed by atoms with E-state index < -0.39 is 4.92 Å². The van der Waals surface area contributed by atoms with Crippen molar-refractivity contribution in [1.82, 2.24) is 0 Å². The Morgan fingerprint density at radius 2 is 2.20 bits per heavy atom. The number of nitrogens with zero attached hydrogens (tertiary/aromatic N) is 1. The Morgan fingerprint density at radius 3 is 2.70 bits per heavy atom. The van der Waals surface area contributed by atoms with Crippen molar-refractivity contribution in [1.29, 1.82) is 0 Å². The van der Waals surface area contributed by atoms with Gasteiger partial charge in [0.25, 0.3) is 5.69 Å². The Hall–Kier alpha value is -2.15. The van der Waals surface area contributed by atoms with Crippen LogP contribution in [0.1, 0.15) is 25.7 Å². The molecule has 1 amide bonds. The number of hydrogen-bond acceptors (Lipinski definition) is 5. The number of benzene rings is 1. The van der Waals surface area contributed by atoms with Gasteiger partial charge < -0.3 is 16.2 Å². The minimum Gasteiger partial charge on any atom is -0.505 e. The molecule has 20 heavy (non-hydrogen) atoms. The summed E-state index contributed by atoms with van der Waals surface area (Å²) in [6.07, 6.45) is 3.04. The van der Waals surface area contributed by atoms with Crippen LogP contribution in [-0.2, 0) is 4.79 Å². The number of rotatable bonds is 5. The molecule has 2 rings (SSSR count). The van der Waals surface area contributed by atoms with Crippen molar-refractivity contribution < 1.29 is 14.8 Å². The lowest BCUT2D eigenvalue weighted by molar-refractivity contribution is -0.384. The number of phenolic OH excluding ortho intramolecular Hbond substituents is 1. The van der Waals surface area contributed by atoms with E-state index in [0.717, 1.165) is 19.3 Å². The fraction of sp³-hybridized carbons (Fsp3) is 0.462. The first-order valence-electron chi connectivity index (χ1n) is 6.44. The number of nitrogens with one attached hydrogen (secondary N) is 1. The van der Waals surface area contributed by atoms with Gasteiger partial charge in [0.05, 0.1) is 4.92 Å². The van der Waals surface area contributed by atoms with Crippen LogP contribution >= 0.6 is 0 Å². The van der Waals surface area contributed by atoms with E-state index in [1.54, 1.807) is 0 Å². The molecule has 4 N–H and O–H groups in total. The Morgan fingerprint density at radius 1 is 1.50 bits per heavy atom. The number of carbonyl (C=O) groups excluding carboxylic acids is 1. The van der Waals surface area contributed by atoms with Crippen LogP contribution in [0.4, 0.5) is 11.4 Å². The van der Waals surface area contributed by atoms with E-state index in [0.29, 0.717) is 6.54 Å². The van der Waals surface area contributed by atoms with Gasteiger partial charge in [-0.15, -0.1) is 0 Å². The number of nitro benzene ring substituents is 1. The van der Waals surface area contributed by atoms with Crippen LogP contribution in [0, 0.1) is 15.5 Å². The van der Waals surface area contributed by atoms with E-state index in [9.17, 15) is 20.0 Å². The first-order valence-corrected chi connectivity index (χ1v) is 6.44. The van der Waals surface area contributed by atoms with Crippen molar-refractivity contribution in [2.45, 2.75) is 25.7 Å². The highest BCUT2D eigenvalue weighted by atomic mass is 16.6. The number of para-hydroxylation sites is 1. The van der Waals surface area contributed by atoms with Crippen molar-refractivity contribution in [3.8, 4) is 5.75 Å². The monoisotopic (exact) mass is 279 g/mol. The van der Waals surface area contributed by atoms with Gasteiger partial charge in [0.2, 0.25) is 5.91 Å². The minimum absolute atomic E-state index is 0.158. The average Bonchev–Trinajstić information content (AvgIpc) is 2.36. The van der Waals surface area contributed by atoms with E-state index in [4.69, 9.17) is 5.73 Å². The Kier molecular flexibility index (Phi) is 3.89. The van der Waals surface area contributed by atoms with Crippen molar-refractivity contribution in [2.75, 3.05) is 11.9 Å². The normalized spacial score (nSPS) is 16.2. The van der Waals surface area contributed by atoms with E-state index in [1.165, 1.54) is 18.2 Å². The zero-order chi connectivity index (χ0) is 14.8. The summed E-state index contributed by atoms with van der Waals surface area (Å²) in [6.45, 7) is 0.420. The number of carbonyl (C=O) groups is 1. The van der Waals surface area contributed by atoms with Gasteiger partial charge >= 0.3 is 0 Å². The second-order valence-electron chi connectivity index (χ2n) is 5.21. The van der Waals surface area contributed by atoms with Gasteiger partial charge in [0, 0.05) is 12.5 Å². The second-order valence-corrected chi connectivity index (χ2v) is 5.21. The lowest BCUT2D eigenvalue weighted by Crippen LogP contribution is -2.40. The molecule has 0 unspecified atom stereocenters. The van der Waals surface area contributed by atoms with Gasteiger partial charge in [0.15, 0.2) is 5.69 Å². The van der Waals surface area contributed by atoms with Crippen LogP contribution in [-0.4, -0.2) is 22.5 Å². The van der Waals surface area contributed by atoms with E-state index in [-0.39, 0.29) is 34.9 Å². The summed E-state index contributed by atoms with van der Waals surface area (Å²) in [5.74, 6) is -0.678. The van der Waals surface area contributed by atoms with Gasteiger partial charge in [-0.25, -0.2) is 0 Å². The summed E-state index contributed by atoms with van der Waals surface area (Å²) in [5, 5.41) is 23.0. The number of phenols is 1. The fourth-order valence-corrected chi connectivity index (χ4v) is 2.46. The predicted octanol–water partition coefficient (Wildman–Crippen LogP) is 1.76. The molecule has 1 aliphatic carbocycles. The number of hydrogen-bond donors (Lipinski definition) is 3. The molecular weight excluding hydrogens is 262 g/mol. The summed E-state index contributed by atoms with van der Waals surface area (Å²) in [7, 11) is 0. The third kappa shape index (κ3) is 2.72. The number of amides is 1. The number of nitro groups is 1. The molecule has 1 aliphatic rings. The van der Waals surface area contributed by atoms with E-state index in [2.05, 4.69) is 5.32 Å². The molecule has 108 valence electrons. The maximum Gasteiger partial charge on any atom is 0.296 e. The molecule has 0 saturated heterocycles. The number of nitrogens with two attached hydrogens (primary N) is 1. The quantitative estimate of drug-likeness (QED) is 0.431. The summed E-state index contributed by atoms with van der Waals surface area (Å²) in [5.41, 5.74) is 5.01. The topological polar surface area (TPSA) is 118 Å². The molecule has 0 atom stereocenters. The van der Waals surface area contributed by atoms with Crippen molar-refractivity contribution >= 4 is 17.3 Å². The van der Waals surface area contributed by atoms with Crippen LogP contribution in [0.3, 0.4) is 0 Å². The summed E-state index contributed by atoms with van der Waals surface area (Å²) >= 11 is 0. The highest BCUT2D eigenvalue weighted by Crippen LogP contribution is 2.43. The molecule has 7 heteroatoms. The molecule has 7 nitrogen and oxygen atoms in total. The van der Waals surface area contributed by atoms with E-state index in [1.807, 2.05) is 0 Å². The standard InChI is InChI=1S/C13H17N3O4/c14-8-13(5-2-6-13)7-11(18)15-12-9(16(19)20)3-1-4-10(12)17/h1,3-4,17H,2,5-8,14H2,(H,15,18). The fourth-order valence-electron chi connectivity index (χ4n) is 2.46. The maximum absolute atomic E-state index is 12.0. The van der Waals surface area contributed by atoms with Crippen molar-refractivity contribution in [3.63, 3.8) is 0 Å². The largest absolute Gasteiger partial charge is 0.505 e. The van der Waals surface area contributed by atoms with Gasteiger partial charge in [-0.3, -0.25) is 14.9 Å². The molecular formula is C13H17N3O4. The van der Waals surface area contributed by atoms with Crippen molar-refractivity contribution in [3.05, 3.63) is 28.3 Å². The zero-order valence-corrected chi connectivity index (χ0v) is 11.0. The van der Waals surface area contributed by atoms with Crippen LogP contribution in [0.2, 0.25) is 0 Å². The molecule has 0 bridgehead atoms. The highest BCUT2D eigenvalue weighted by Gasteiger charge is 2.38. The SMILES string of the molecule is NCC1(CC(=O)Nc2c(O)cccc2[N+](=O)[O-])CCC1. The molecule has 1 fully saturated rings. The molecule has 1 saturated carbocycles. The molecule has 0 aromatic heterocycles. The molecule has 0 heterocycles. The van der Waals surface area contributed by atoms with Gasteiger partial charge in [-0.2, -0.15) is 0 Å². The van der Waals surface area contributed by atoms with Gasteiger partial charge in [-0.1, -0.05) is 12.5 Å². The van der Waals surface area contributed by atoms with E-state index >= 15 is 0 Å². The summed E-state index contributed by atoms with van der Waals surface area (Å²) < 4.78 is 0. The number of anilines is 1. The molecule has 0 spiro atoms. The van der Waals surface area contributed by atoms with Crippen LogP contribution < -0.4 is 11.1 Å². The first kappa shape index (κ1) is 14.3. The van der Waals surface area contributed by atoms with Crippen LogP contribution in [0.15, 0.2) is 18.2 Å². The predicted molar refractivity (Wildman–Crippen MR) is 73.3 cm³/mol. The summed E-state index contributed by atoms with van der Waals surface area (Å²) in [4.78, 5) is 22.3. The maximum atomic E-state index is 12.0. The van der Waals surface area contributed by atoms with Crippen LogP contribution in [0.25, 0.3) is 0 Å². The molecule has 1 aromatic rings. The Bertz CT molecular complexity index is 535. The first-order chi connectivity index (χ1) is 9.47. The Labute approximate surface area is 115 Å². The smallest absolute Gasteiger partial charge is 0.296 e. The Balaban J connectivity index is 2.13. The molecule has 0 radical (unpaired) electrons. The van der Waals surface area contributed by atoms with Gasteiger partial charge in [0.1, 0.15) is 5.75 Å². The lowest BCUT2D eigenvalue weighted by Gasteiger charge is -2.40. The molecule has 1 aromatic carbocycles. The summed E-state index contributed by atoms with van der Waals surface area (Å²) in [6, 6.07) is 3.89. The lowest BCUT2D eigenvalue weighted by atomic mass is 9.66. The zero-order valence-electron chi connectivity index (χ0n) is 11.0. The third-order valence-electron chi connectivity index (χ3n) is 3.86. The minimum atomic E-state index is -0.641. The van der Waals surface area contributed by atoms with Gasteiger partial charge in [-0.05, 0) is 30.9 Å². The highest BCUT2D eigenvalue weighted by molar-refractivity contribution is 5.95. The molecule has 0 aliphatic heterocycles. The third-order valence-corrected chi connectivity index (χ3v) is 3.86.